The summed E-state index contributed by atoms with van der Waals surface area (Å²) < 4.78 is 32.7. The molecule has 0 saturated carbocycles. The van der Waals surface area contributed by atoms with Gasteiger partial charge in [0.15, 0.2) is 14.6 Å². The van der Waals surface area contributed by atoms with E-state index in [0.29, 0.717) is 28.0 Å². The van der Waals surface area contributed by atoms with Crippen molar-refractivity contribution in [3.05, 3.63) is 58.4 Å². The fourth-order valence-corrected chi connectivity index (χ4v) is 6.34. The number of nitrogens with zero attached hydrogens (tertiary/aromatic N) is 3. The lowest BCUT2D eigenvalue weighted by atomic mass is 10.0. The first-order valence-corrected chi connectivity index (χ1v) is 14.3. The molecule has 0 N–H and O–H groups in total. The summed E-state index contributed by atoms with van der Waals surface area (Å²) in [6.45, 7) is 2.45. The van der Waals surface area contributed by atoms with Gasteiger partial charge in [0.05, 0.1) is 28.9 Å². The Morgan fingerprint density at radius 3 is 2.70 bits per heavy atom. The number of anilines is 1. The molecule has 0 saturated heterocycles. The second-order valence-corrected chi connectivity index (χ2v) is 11.5. The number of hydrogen-bond acceptors (Lipinski definition) is 7. The van der Waals surface area contributed by atoms with E-state index in [-0.39, 0.29) is 18.0 Å². The highest BCUT2D eigenvalue weighted by molar-refractivity contribution is 7.92. The average molecular weight is 540 g/mol. The molecule has 2 heterocycles. The van der Waals surface area contributed by atoms with Gasteiger partial charge in [0.1, 0.15) is 11.5 Å². The average Bonchev–Trinajstić information content (AvgIpc) is 3.19. The van der Waals surface area contributed by atoms with Crippen LogP contribution >= 0.6 is 11.3 Å². The minimum absolute atomic E-state index is 0.0878. The van der Waals surface area contributed by atoms with Crippen LogP contribution in [0.4, 0.5) is 5.69 Å². The number of thiazole rings is 1. The molecule has 4 rings (SSSR count). The molecule has 0 atom stereocenters. The third-order valence-corrected chi connectivity index (χ3v) is 8.18. The normalized spacial score (nSPS) is 13.7. The first kappa shape index (κ1) is 26.3. The van der Waals surface area contributed by atoms with Crippen molar-refractivity contribution in [1.82, 2.24) is 4.57 Å². The smallest absolute Gasteiger partial charge is 0.338 e. The molecule has 11 heteroatoms. The number of amides is 2. The van der Waals surface area contributed by atoms with Gasteiger partial charge in [0, 0.05) is 12.2 Å². The third-order valence-electron chi connectivity index (χ3n) is 5.76. The number of aryl methyl sites for hydroxylation is 1. The number of carbonyl (C=O) groups is 3. The number of para-hydroxylation sites is 1. The van der Waals surface area contributed by atoms with Gasteiger partial charge in [-0.3, -0.25) is 9.59 Å². The Bertz CT molecular complexity index is 1590. The molecule has 0 fully saturated rings. The summed E-state index contributed by atoms with van der Waals surface area (Å²) in [4.78, 5) is 43.3. The third kappa shape index (κ3) is 5.98. The number of aromatic nitrogens is 1. The van der Waals surface area contributed by atoms with Crippen molar-refractivity contribution in [3.8, 4) is 12.3 Å². The SMILES string of the molecule is C#CCn1c(=NC(=O)CS(=O)(=O)CC(=O)N2CCCc3ccccc32)sc2cc(C(=O)OCC)ccc21. The molecule has 0 radical (unpaired) electrons. The quantitative estimate of drug-likeness (QED) is 0.336. The van der Waals surface area contributed by atoms with Crippen molar-refractivity contribution in [3.63, 3.8) is 0 Å². The van der Waals surface area contributed by atoms with E-state index in [4.69, 9.17) is 11.2 Å². The minimum Gasteiger partial charge on any atom is -0.462 e. The lowest BCUT2D eigenvalue weighted by molar-refractivity contribution is -0.116. The van der Waals surface area contributed by atoms with Crippen LogP contribution in [0.2, 0.25) is 0 Å². The standard InChI is InChI=1S/C26H25N3O6S2/c1-3-13-29-21-12-11-19(25(32)35-4-2)15-22(21)36-26(29)27-23(30)16-37(33,34)17-24(31)28-14-7-9-18-8-5-6-10-20(18)28/h1,5-6,8,10-12,15H,4,7,9,13-14,16-17H2,2H3. The number of benzene rings is 2. The van der Waals surface area contributed by atoms with Crippen molar-refractivity contribution >= 4 is 54.9 Å². The molecule has 9 nitrogen and oxygen atoms in total. The predicted molar refractivity (Wildman–Crippen MR) is 141 cm³/mol. The second kappa shape index (κ2) is 11.1. The van der Waals surface area contributed by atoms with Gasteiger partial charge in [-0.15, -0.1) is 6.42 Å². The van der Waals surface area contributed by atoms with Crippen LogP contribution in [0.25, 0.3) is 10.2 Å². The zero-order valence-corrected chi connectivity index (χ0v) is 21.8. The summed E-state index contributed by atoms with van der Waals surface area (Å²) in [7, 11) is -4.07. The molecule has 1 aliphatic heterocycles. The van der Waals surface area contributed by atoms with Gasteiger partial charge in [-0.25, -0.2) is 13.2 Å². The van der Waals surface area contributed by atoms with E-state index in [9.17, 15) is 22.8 Å². The van der Waals surface area contributed by atoms with E-state index in [2.05, 4.69) is 10.9 Å². The number of carbonyl (C=O) groups excluding carboxylic acids is 3. The number of sulfone groups is 1. The van der Waals surface area contributed by atoms with Crippen molar-refractivity contribution in [2.24, 2.45) is 4.99 Å². The van der Waals surface area contributed by atoms with Crippen molar-refractivity contribution in [2.75, 3.05) is 29.6 Å². The number of rotatable bonds is 7. The highest BCUT2D eigenvalue weighted by Crippen LogP contribution is 2.27. The molecule has 0 bridgehead atoms. The van der Waals surface area contributed by atoms with Crippen molar-refractivity contribution in [2.45, 2.75) is 26.3 Å². The molecule has 1 aliphatic rings. The van der Waals surface area contributed by atoms with Gasteiger partial charge in [0.25, 0.3) is 5.91 Å². The van der Waals surface area contributed by atoms with Gasteiger partial charge in [-0.2, -0.15) is 4.99 Å². The molecule has 192 valence electrons. The summed E-state index contributed by atoms with van der Waals surface area (Å²) in [6, 6.07) is 12.2. The molecule has 0 aliphatic carbocycles. The Kier molecular flexibility index (Phi) is 7.90. The van der Waals surface area contributed by atoms with E-state index >= 15 is 0 Å². The first-order chi connectivity index (χ1) is 17.7. The van der Waals surface area contributed by atoms with Crippen LogP contribution in [0, 0.1) is 12.3 Å². The highest BCUT2D eigenvalue weighted by atomic mass is 32.2. The second-order valence-electron chi connectivity index (χ2n) is 8.39. The Hall–Kier alpha value is -3.75. The maximum atomic E-state index is 12.8. The maximum Gasteiger partial charge on any atom is 0.338 e. The molecular weight excluding hydrogens is 514 g/mol. The van der Waals surface area contributed by atoms with Gasteiger partial charge in [0.2, 0.25) is 5.91 Å². The minimum atomic E-state index is -4.07. The monoisotopic (exact) mass is 539 g/mol. The fourth-order valence-electron chi connectivity index (χ4n) is 4.18. The van der Waals surface area contributed by atoms with Crippen molar-refractivity contribution in [1.29, 1.82) is 0 Å². The summed E-state index contributed by atoms with van der Waals surface area (Å²) in [5.41, 5.74) is 2.67. The van der Waals surface area contributed by atoms with Crippen LogP contribution in [-0.4, -0.2) is 55.4 Å². The van der Waals surface area contributed by atoms with Crippen LogP contribution in [0.1, 0.15) is 29.3 Å². The van der Waals surface area contributed by atoms with E-state index < -0.39 is 39.1 Å². The topological polar surface area (TPSA) is 115 Å². The van der Waals surface area contributed by atoms with E-state index in [1.165, 1.54) is 4.90 Å². The lowest BCUT2D eigenvalue weighted by Gasteiger charge is -2.29. The first-order valence-electron chi connectivity index (χ1n) is 11.6. The number of hydrogen-bond donors (Lipinski definition) is 0. The number of fused-ring (bicyclic) bond motifs is 2. The molecule has 0 unspecified atom stereocenters. The van der Waals surface area contributed by atoms with E-state index in [0.717, 1.165) is 29.7 Å². The van der Waals surface area contributed by atoms with E-state index in [1.54, 1.807) is 41.8 Å². The zero-order chi connectivity index (χ0) is 26.6. The van der Waals surface area contributed by atoms with Crippen LogP contribution < -0.4 is 9.70 Å². The van der Waals surface area contributed by atoms with Crippen LogP contribution in [-0.2, 0) is 37.1 Å². The zero-order valence-electron chi connectivity index (χ0n) is 20.2. The highest BCUT2D eigenvalue weighted by Gasteiger charge is 2.28. The van der Waals surface area contributed by atoms with Gasteiger partial charge < -0.3 is 14.2 Å². The number of terminal acetylenes is 1. The maximum absolute atomic E-state index is 12.8. The molecular formula is C26H25N3O6S2. The Morgan fingerprint density at radius 2 is 1.95 bits per heavy atom. The van der Waals surface area contributed by atoms with Crippen molar-refractivity contribution < 1.29 is 27.5 Å². The Balaban J connectivity index is 1.55. The summed E-state index contributed by atoms with van der Waals surface area (Å²) in [5, 5.41) is 0. The molecule has 3 aromatic rings. The Morgan fingerprint density at radius 1 is 1.16 bits per heavy atom. The van der Waals surface area contributed by atoms with Crippen LogP contribution in [0.15, 0.2) is 47.5 Å². The van der Waals surface area contributed by atoms with Gasteiger partial charge in [-0.1, -0.05) is 35.5 Å². The number of esters is 1. The molecule has 2 aromatic carbocycles. The van der Waals surface area contributed by atoms with E-state index in [1.807, 2.05) is 12.1 Å². The fraction of sp³-hybridized carbons (Fsp3) is 0.308. The summed E-state index contributed by atoms with van der Waals surface area (Å²) in [5.74, 6) is -1.17. The predicted octanol–water partition coefficient (Wildman–Crippen LogP) is 2.33. The molecule has 2 amide bonds. The summed E-state index contributed by atoms with van der Waals surface area (Å²) >= 11 is 1.10. The molecule has 37 heavy (non-hydrogen) atoms. The van der Waals surface area contributed by atoms with Gasteiger partial charge in [-0.05, 0) is 49.6 Å². The Labute approximate surface area is 218 Å². The molecule has 1 aromatic heterocycles. The summed E-state index contributed by atoms with van der Waals surface area (Å²) in [6.07, 6.45) is 7.03. The van der Waals surface area contributed by atoms with Crippen LogP contribution in [0.3, 0.4) is 0 Å². The molecule has 0 spiro atoms. The van der Waals surface area contributed by atoms with Crippen LogP contribution in [0.5, 0.6) is 0 Å². The largest absolute Gasteiger partial charge is 0.462 e. The lowest BCUT2D eigenvalue weighted by Crippen LogP contribution is -2.40. The number of ether oxygens (including phenoxy) is 1. The van der Waals surface area contributed by atoms with Gasteiger partial charge >= 0.3 is 5.97 Å².